The van der Waals surface area contributed by atoms with E-state index in [-0.39, 0.29) is 0 Å². The van der Waals surface area contributed by atoms with Gasteiger partial charge in [-0.2, -0.15) is 0 Å². The predicted molar refractivity (Wildman–Crippen MR) is 118 cm³/mol. The zero-order valence-corrected chi connectivity index (χ0v) is 17.2. The Bertz CT molecular complexity index is 762. The van der Waals surface area contributed by atoms with Crippen molar-refractivity contribution in [1.29, 1.82) is 0 Å². The summed E-state index contributed by atoms with van der Waals surface area (Å²) in [4.78, 5) is 6.81. The fourth-order valence-corrected chi connectivity index (χ4v) is 3.65. The summed E-state index contributed by atoms with van der Waals surface area (Å²) in [6, 6.07) is 18.9. The van der Waals surface area contributed by atoms with Crippen LogP contribution in [0, 0.1) is 5.92 Å². The quantitative estimate of drug-likeness (QED) is 0.570. The number of benzene rings is 2. The van der Waals surface area contributed by atoms with Crippen LogP contribution in [0.25, 0.3) is 0 Å². The molecular formula is C23H32N4O. The minimum atomic E-state index is 0.440. The van der Waals surface area contributed by atoms with E-state index in [2.05, 4.69) is 76.0 Å². The second-order valence-electron chi connectivity index (χ2n) is 7.45. The Labute approximate surface area is 168 Å². The second-order valence-corrected chi connectivity index (χ2v) is 7.45. The topological polar surface area (TPSA) is 48.9 Å². The summed E-state index contributed by atoms with van der Waals surface area (Å²) in [5.41, 5.74) is 2.58. The van der Waals surface area contributed by atoms with Gasteiger partial charge in [-0.25, -0.2) is 0 Å². The molecule has 0 spiro atoms. The lowest BCUT2D eigenvalue weighted by Crippen LogP contribution is -2.41. The largest absolute Gasteiger partial charge is 0.497 e. The summed E-state index contributed by atoms with van der Waals surface area (Å²) in [7, 11) is 3.55. The van der Waals surface area contributed by atoms with Crippen molar-refractivity contribution in [3.8, 4) is 5.75 Å². The molecule has 1 fully saturated rings. The maximum absolute atomic E-state index is 5.35. The van der Waals surface area contributed by atoms with Gasteiger partial charge in [-0.3, -0.25) is 4.99 Å². The van der Waals surface area contributed by atoms with Crippen molar-refractivity contribution in [2.24, 2.45) is 10.9 Å². The minimum absolute atomic E-state index is 0.440. The third kappa shape index (κ3) is 5.41. The maximum atomic E-state index is 5.35. The van der Waals surface area contributed by atoms with Crippen LogP contribution in [0.1, 0.15) is 24.8 Å². The Hall–Kier alpha value is -2.69. The van der Waals surface area contributed by atoms with Crippen molar-refractivity contribution in [1.82, 2.24) is 10.6 Å². The molecule has 1 aliphatic rings. The average Bonchev–Trinajstić information content (AvgIpc) is 3.23. The number of hydrogen-bond acceptors (Lipinski definition) is 3. The van der Waals surface area contributed by atoms with Crippen LogP contribution in [0.2, 0.25) is 0 Å². The molecule has 0 radical (unpaired) electrons. The standard InChI is InChI=1S/C23H32N4O/c1-18(20-8-5-4-6-9-20)15-25-23(24-2)26-16-19-12-13-27(17-19)21-10-7-11-22(14-21)28-3/h4-11,14,18-19H,12-13,15-17H2,1-3H3,(H2,24,25,26). The summed E-state index contributed by atoms with van der Waals surface area (Å²) >= 11 is 0. The van der Waals surface area contributed by atoms with Crippen molar-refractivity contribution in [3.63, 3.8) is 0 Å². The summed E-state index contributed by atoms with van der Waals surface area (Å²) in [5.74, 6) is 2.84. The predicted octanol–water partition coefficient (Wildman–Crippen LogP) is 3.49. The molecule has 1 aliphatic heterocycles. The molecule has 2 aromatic carbocycles. The Morgan fingerprint density at radius 1 is 1.18 bits per heavy atom. The van der Waals surface area contributed by atoms with E-state index in [1.807, 2.05) is 13.1 Å². The molecule has 28 heavy (non-hydrogen) atoms. The van der Waals surface area contributed by atoms with Crippen molar-refractivity contribution >= 4 is 11.6 Å². The molecule has 150 valence electrons. The highest BCUT2D eigenvalue weighted by Crippen LogP contribution is 2.26. The molecule has 0 amide bonds. The highest BCUT2D eigenvalue weighted by Gasteiger charge is 2.23. The van der Waals surface area contributed by atoms with Gasteiger partial charge in [-0.1, -0.05) is 43.3 Å². The maximum Gasteiger partial charge on any atom is 0.191 e. The van der Waals surface area contributed by atoms with Crippen LogP contribution in [0.3, 0.4) is 0 Å². The third-order valence-electron chi connectivity index (χ3n) is 5.43. The van der Waals surface area contributed by atoms with Crippen molar-refractivity contribution < 1.29 is 4.74 Å². The number of hydrogen-bond donors (Lipinski definition) is 2. The number of guanidine groups is 1. The highest BCUT2D eigenvalue weighted by atomic mass is 16.5. The van der Waals surface area contributed by atoms with E-state index in [9.17, 15) is 0 Å². The molecule has 5 nitrogen and oxygen atoms in total. The van der Waals surface area contributed by atoms with Gasteiger partial charge in [0.15, 0.2) is 5.96 Å². The first kappa shape index (κ1) is 20.1. The fourth-order valence-electron chi connectivity index (χ4n) is 3.65. The van der Waals surface area contributed by atoms with Crippen LogP contribution in [-0.2, 0) is 0 Å². The molecule has 0 saturated carbocycles. The lowest BCUT2D eigenvalue weighted by atomic mass is 10.0. The average molecular weight is 381 g/mol. The normalized spacial score (nSPS) is 18.0. The molecule has 2 N–H and O–H groups in total. The van der Waals surface area contributed by atoms with E-state index >= 15 is 0 Å². The number of anilines is 1. The van der Waals surface area contributed by atoms with E-state index in [0.29, 0.717) is 11.8 Å². The van der Waals surface area contributed by atoms with E-state index in [4.69, 9.17) is 4.74 Å². The Morgan fingerprint density at radius 3 is 2.75 bits per heavy atom. The van der Waals surface area contributed by atoms with Crippen LogP contribution in [-0.4, -0.2) is 46.3 Å². The van der Waals surface area contributed by atoms with Gasteiger partial charge in [0.25, 0.3) is 0 Å². The Kier molecular flexibility index (Phi) is 7.18. The van der Waals surface area contributed by atoms with Gasteiger partial charge in [0, 0.05) is 45.0 Å². The number of nitrogens with one attached hydrogen (secondary N) is 2. The molecule has 0 bridgehead atoms. The molecule has 5 heteroatoms. The van der Waals surface area contributed by atoms with Crippen LogP contribution >= 0.6 is 0 Å². The monoisotopic (exact) mass is 380 g/mol. The molecule has 2 unspecified atom stereocenters. The Morgan fingerprint density at radius 2 is 2.00 bits per heavy atom. The van der Waals surface area contributed by atoms with Gasteiger partial charge >= 0.3 is 0 Å². The van der Waals surface area contributed by atoms with E-state index < -0.39 is 0 Å². The van der Waals surface area contributed by atoms with Crippen molar-refractivity contribution in [2.75, 3.05) is 45.2 Å². The van der Waals surface area contributed by atoms with Crippen molar-refractivity contribution in [2.45, 2.75) is 19.3 Å². The summed E-state index contributed by atoms with van der Waals surface area (Å²) in [5, 5.41) is 6.96. The van der Waals surface area contributed by atoms with Crippen molar-refractivity contribution in [3.05, 3.63) is 60.2 Å². The zero-order chi connectivity index (χ0) is 19.8. The minimum Gasteiger partial charge on any atom is -0.497 e. The summed E-state index contributed by atoms with van der Waals surface area (Å²) < 4.78 is 5.35. The van der Waals surface area contributed by atoms with E-state index in [1.54, 1.807) is 7.11 Å². The lowest BCUT2D eigenvalue weighted by molar-refractivity contribution is 0.415. The molecule has 1 heterocycles. The first-order valence-corrected chi connectivity index (χ1v) is 10.1. The first-order chi connectivity index (χ1) is 13.7. The zero-order valence-electron chi connectivity index (χ0n) is 17.2. The second kappa shape index (κ2) is 10.0. The van der Waals surface area contributed by atoms with Gasteiger partial charge in [-0.15, -0.1) is 0 Å². The molecule has 0 aliphatic carbocycles. The molecule has 2 atom stereocenters. The van der Waals surface area contributed by atoms with Crippen LogP contribution < -0.4 is 20.3 Å². The first-order valence-electron chi connectivity index (χ1n) is 10.1. The lowest BCUT2D eigenvalue weighted by Gasteiger charge is -2.20. The highest BCUT2D eigenvalue weighted by molar-refractivity contribution is 5.79. The molecule has 0 aromatic heterocycles. The summed E-state index contributed by atoms with van der Waals surface area (Å²) in [6.07, 6.45) is 1.18. The van der Waals surface area contributed by atoms with Crippen LogP contribution in [0.4, 0.5) is 5.69 Å². The third-order valence-corrected chi connectivity index (χ3v) is 5.43. The summed E-state index contributed by atoms with van der Waals surface area (Å²) in [6.45, 7) is 6.16. The molecule has 2 aromatic rings. The number of nitrogens with zero attached hydrogens (tertiary/aromatic N) is 2. The van der Waals surface area contributed by atoms with Crippen LogP contribution in [0.15, 0.2) is 59.6 Å². The van der Waals surface area contributed by atoms with Gasteiger partial charge in [-0.05, 0) is 36.0 Å². The van der Waals surface area contributed by atoms with E-state index in [1.165, 1.54) is 17.7 Å². The molecule has 1 saturated heterocycles. The SMILES string of the molecule is CN=C(NCC1CCN(c2cccc(OC)c2)C1)NCC(C)c1ccccc1. The Balaban J connectivity index is 1.44. The fraction of sp³-hybridized carbons (Fsp3) is 0.435. The van der Waals surface area contributed by atoms with Gasteiger partial charge in [0.1, 0.15) is 5.75 Å². The van der Waals surface area contributed by atoms with Crippen LogP contribution in [0.5, 0.6) is 5.75 Å². The molecule has 3 rings (SSSR count). The number of methoxy groups -OCH3 is 1. The van der Waals surface area contributed by atoms with Gasteiger partial charge < -0.3 is 20.3 Å². The number of rotatable bonds is 7. The van der Waals surface area contributed by atoms with E-state index in [0.717, 1.165) is 37.9 Å². The van der Waals surface area contributed by atoms with Gasteiger partial charge in [0.2, 0.25) is 0 Å². The van der Waals surface area contributed by atoms with Gasteiger partial charge in [0.05, 0.1) is 7.11 Å². The molecular weight excluding hydrogens is 348 g/mol. The smallest absolute Gasteiger partial charge is 0.191 e. The number of ether oxygens (including phenoxy) is 1. The number of aliphatic imine (C=N–C) groups is 1.